The fourth-order valence-corrected chi connectivity index (χ4v) is 3.87. The number of carbonyl (C=O) groups excluding carboxylic acids is 1. The number of aromatic nitrogens is 2. The molecule has 4 aromatic rings. The van der Waals surface area contributed by atoms with Gasteiger partial charge in [0.2, 0.25) is 0 Å². The van der Waals surface area contributed by atoms with Gasteiger partial charge in [-0.15, -0.1) is 0 Å². The summed E-state index contributed by atoms with van der Waals surface area (Å²) >= 11 is 0. The van der Waals surface area contributed by atoms with E-state index in [0.29, 0.717) is 22.4 Å². The number of amides is 1. The van der Waals surface area contributed by atoms with Gasteiger partial charge in [-0.3, -0.25) is 14.7 Å². The van der Waals surface area contributed by atoms with Gasteiger partial charge in [0.15, 0.2) is 0 Å². The monoisotopic (exact) mass is 441 g/mol. The second kappa shape index (κ2) is 8.90. The van der Waals surface area contributed by atoms with Crippen molar-refractivity contribution < 1.29 is 9.53 Å². The van der Waals surface area contributed by atoms with Gasteiger partial charge in [0.05, 0.1) is 16.9 Å². The van der Waals surface area contributed by atoms with Crippen LogP contribution < -0.4 is 10.9 Å². The fourth-order valence-electron chi connectivity index (χ4n) is 3.87. The van der Waals surface area contributed by atoms with E-state index in [-0.39, 0.29) is 11.6 Å². The van der Waals surface area contributed by atoms with Crippen molar-refractivity contribution >= 4 is 22.7 Å². The molecule has 0 aliphatic heterocycles. The molecule has 0 radical (unpaired) electrons. The molecule has 3 aromatic carbocycles. The lowest BCUT2D eigenvalue weighted by atomic mass is 9.98. The molecule has 0 atom stereocenters. The summed E-state index contributed by atoms with van der Waals surface area (Å²) in [7, 11) is 0. The number of nitrogens with one attached hydrogen (secondary N) is 1. The highest BCUT2D eigenvalue weighted by molar-refractivity contribution is 5.89. The Hall–Kier alpha value is -3.93. The first kappa shape index (κ1) is 22.3. The molecule has 0 bridgehead atoms. The molecule has 1 N–H and O–H groups in total. The van der Waals surface area contributed by atoms with Crippen LogP contribution in [0.1, 0.15) is 43.8 Å². The average Bonchev–Trinajstić information content (AvgIpc) is 2.76. The molecule has 0 saturated heterocycles. The van der Waals surface area contributed by atoms with Gasteiger partial charge in [-0.05, 0) is 57.0 Å². The number of hydrogen-bond acceptors (Lipinski definition) is 4. The number of carbonyl (C=O) groups is 1. The van der Waals surface area contributed by atoms with Crippen molar-refractivity contribution in [2.45, 2.75) is 39.3 Å². The Morgan fingerprint density at radius 3 is 2.06 bits per heavy atom. The predicted molar refractivity (Wildman–Crippen MR) is 131 cm³/mol. The van der Waals surface area contributed by atoms with E-state index in [2.05, 4.69) is 5.32 Å². The molecule has 0 saturated carbocycles. The zero-order valence-electron chi connectivity index (χ0n) is 19.2. The number of benzene rings is 3. The van der Waals surface area contributed by atoms with Crippen molar-refractivity contribution in [3.05, 3.63) is 106 Å². The van der Waals surface area contributed by atoms with Gasteiger partial charge >= 0.3 is 6.09 Å². The standard InChI is InChI=1S/C27H27N3O3/c1-18-28-23-17-21(29-26(32)33-27(2,3)4)15-16-22(23)25(31)30(18)24(19-11-7-5-8-12-19)20-13-9-6-10-14-20/h5-17,24H,1-4H3,(H,29,32). The summed E-state index contributed by atoms with van der Waals surface area (Å²) in [5.41, 5.74) is 2.29. The van der Waals surface area contributed by atoms with Crippen LogP contribution in [0.4, 0.5) is 10.5 Å². The Balaban J connectivity index is 1.80. The topological polar surface area (TPSA) is 73.2 Å². The third kappa shape index (κ3) is 4.95. The van der Waals surface area contributed by atoms with Gasteiger partial charge < -0.3 is 4.74 Å². The Labute approximate surface area is 192 Å². The second-order valence-electron chi connectivity index (χ2n) is 8.92. The number of nitrogens with zero attached hydrogens (tertiary/aromatic N) is 2. The number of ether oxygens (including phenoxy) is 1. The molecule has 0 spiro atoms. The van der Waals surface area contributed by atoms with E-state index in [1.54, 1.807) is 43.5 Å². The van der Waals surface area contributed by atoms with Gasteiger partial charge in [0.25, 0.3) is 5.56 Å². The molecule has 6 nitrogen and oxygen atoms in total. The number of anilines is 1. The minimum Gasteiger partial charge on any atom is -0.444 e. The molecule has 0 fully saturated rings. The summed E-state index contributed by atoms with van der Waals surface area (Å²) in [6.45, 7) is 7.23. The molecule has 168 valence electrons. The van der Waals surface area contributed by atoms with Gasteiger partial charge in [0.1, 0.15) is 11.4 Å². The maximum Gasteiger partial charge on any atom is 0.412 e. The molecule has 0 aliphatic carbocycles. The molecule has 4 rings (SSSR count). The maximum absolute atomic E-state index is 13.7. The first-order valence-corrected chi connectivity index (χ1v) is 10.9. The minimum atomic E-state index is -0.604. The molecule has 33 heavy (non-hydrogen) atoms. The normalized spacial score (nSPS) is 11.5. The second-order valence-corrected chi connectivity index (χ2v) is 8.92. The van der Waals surface area contributed by atoms with Gasteiger partial charge in [0, 0.05) is 5.69 Å². The van der Waals surface area contributed by atoms with E-state index in [4.69, 9.17) is 9.72 Å². The SMILES string of the molecule is Cc1nc2cc(NC(=O)OC(C)(C)C)ccc2c(=O)n1C(c1ccccc1)c1ccccc1. The lowest BCUT2D eigenvalue weighted by molar-refractivity contribution is 0.0636. The fraction of sp³-hybridized carbons (Fsp3) is 0.222. The highest BCUT2D eigenvalue weighted by Gasteiger charge is 2.22. The number of rotatable bonds is 4. The van der Waals surface area contributed by atoms with Crippen LogP contribution in [0.25, 0.3) is 10.9 Å². The largest absolute Gasteiger partial charge is 0.444 e. The lowest BCUT2D eigenvalue weighted by Gasteiger charge is -2.23. The summed E-state index contributed by atoms with van der Waals surface area (Å²) in [6.07, 6.45) is -0.555. The van der Waals surface area contributed by atoms with E-state index in [1.165, 1.54) is 0 Å². The van der Waals surface area contributed by atoms with Gasteiger partial charge in [-0.2, -0.15) is 0 Å². The van der Waals surface area contributed by atoms with E-state index in [0.717, 1.165) is 11.1 Å². The Kier molecular flexibility index (Phi) is 6.01. The molecule has 0 aliphatic rings. The van der Waals surface area contributed by atoms with Crippen molar-refractivity contribution in [1.29, 1.82) is 0 Å². The molecule has 6 heteroatoms. The van der Waals surface area contributed by atoms with Gasteiger partial charge in [-0.25, -0.2) is 9.78 Å². The van der Waals surface area contributed by atoms with Crippen LogP contribution in [-0.4, -0.2) is 21.2 Å². The van der Waals surface area contributed by atoms with Crippen LogP contribution in [0.5, 0.6) is 0 Å². The summed E-state index contributed by atoms with van der Waals surface area (Å²) in [4.78, 5) is 30.5. The summed E-state index contributed by atoms with van der Waals surface area (Å²) in [5, 5.41) is 3.19. The van der Waals surface area contributed by atoms with Crippen molar-refractivity contribution in [2.75, 3.05) is 5.32 Å². The highest BCUT2D eigenvalue weighted by Crippen LogP contribution is 2.27. The van der Waals surface area contributed by atoms with Crippen molar-refractivity contribution in [3.8, 4) is 0 Å². The van der Waals surface area contributed by atoms with Crippen LogP contribution in [-0.2, 0) is 4.74 Å². The van der Waals surface area contributed by atoms with Crippen LogP contribution in [0, 0.1) is 6.92 Å². The molecular weight excluding hydrogens is 414 g/mol. The van der Waals surface area contributed by atoms with E-state index < -0.39 is 11.7 Å². The Morgan fingerprint density at radius 1 is 0.939 bits per heavy atom. The predicted octanol–water partition coefficient (Wildman–Crippen LogP) is 5.69. The Morgan fingerprint density at radius 2 is 1.52 bits per heavy atom. The molecule has 0 unspecified atom stereocenters. The first-order chi connectivity index (χ1) is 15.7. The molecule has 1 aromatic heterocycles. The third-order valence-electron chi connectivity index (χ3n) is 5.21. The smallest absolute Gasteiger partial charge is 0.412 e. The molecule has 1 amide bonds. The van der Waals surface area contributed by atoms with Gasteiger partial charge in [-0.1, -0.05) is 60.7 Å². The molecule has 1 heterocycles. The number of fused-ring (bicyclic) bond motifs is 1. The maximum atomic E-state index is 13.7. The van der Waals surface area contributed by atoms with E-state index in [9.17, 15) is 9.59 Å². The zero-order valence-corrected chi connectivity index (χ0v) is 19.2. The van der Waals surface area contributed by atoms with Crippen LogP contribution in [0.15, 0.2) is 83.7 Å². The number of hydrogen-bond donors (Lipinski definition) is 1. The third-order valence-corrected chi connectivity index (χ3v) is 5.21. The van der Waals surface area contributed by atoms with Crippen LogP contribution in [0.3, 0.4) is 0 Å². The van der Waals surface area contributed by atoms with Crippen LogP contribution >= 0.6 is 0 Å². The molecular formula is C27H27N3O3. The summed E-state index contributed by atoms with van der Waals surface area (Å²) < 4.78 is 7.04. The summed E-state index contributed by atoms with van der Waals surface area (Å²) in [6, 6.07) is 24.6. The van der Waals surface area contributed by atoms with Crippen molar-refractivity contribution in [1.82, 2.24) is 9.55 Å². The Bertz CT molecular complexity index is 1300. The summed E-state index contributed by atoms with van der Waals surface area (Å²) in [5.74, 6) is 0.583. The number of aryl methyl sites for hydroxylation is 1. The first-order valence-electron chi connectivity index (χ1n) is 10.9. The quantitative estimate of drug-likeness (QED) is 0.442. The van der Waals surface area contributed by atoms with E-state index in [1.807, 2.05) is 67.6 Å². The van der Waals surface area contributed by atoms with E-state index >= 15 is 0 Å². The van der Waals surface area contributed by atoms with Crippen LogP contribution in [0.2, 0.25) is 0 Å². The highest BCUT2D eigenvalue weighted by atomic mass is 16.6. The lowest BCUT2D eigenvalue weighted by Crippen LogP contribution is -2.29. The average molecular weight is 442 g/mol. The zero-order chi connectivity index (χ0) is 23.6. The van der Waals surface area contributed by atoms with Crippen molar-refractivity contribution in [2.24, 2.45) is 0 Å². The minimum absolute atomic E-state index is 0.140. The van der Waals surface area contributed by atoms with Crippen molar-refractivity contribution in [3.63, 3.8) is 0 Å².